The normalized spacial score (nSPS) is 16.2. The smallest absolute Gasteiger partial charge is 0.389 e. The molecule has 1 aliphatic heterocycles. The van der Waals surface area contributed by atoms with Crippen molar-refractivity contribution in [3.63, 3.8) is 0 Å². The minimum atomic E-state index is -4.10. The zero-order valence-corrected chi connectivity index (χ0v) is 17.4. The Morgan fingerprint density at radius 2 is 1.97 bits per heavy atom. The summed E-state index contributed by atoms with van der Waals surface area (Å²) in [6, 6.07) is 6.36. The molecule has 0 amide bonds. The third-order valence-electron chi connectivity index (χ3n) is 5.36. The molecule has 0 aromatic heterocycles. The van der Waals surface area contributed by atoms with E-state index in [1.807, 2.05) is 19.1 Å². The van der Waals surface area contributed by atoms with Gasteiger partial charge < -0.3 is 5.32 Å². The zero-order valence-electron chi connectivity index (χ0n) is 17.4. The summed E-state index contributed by atoms with van der Waals surface area (Å²) in [4.78, 5) is 0. The van der Waals surface area contributed by atoms with E-state index in [0.717, 1.165) is 44.0 Å². The lowest BCUT2D eigenvalue weighted by atomic mass is 9.57. The number of fused-ring (bicyclic) bond motifs is 1. The van der Waals surface area contributed by atoms with Crippen molar-refractivity contribution in [3.8, 4) is 0 Å². The highest BCUT2D eigenvalue weighted by molar-refractivity contribution is 6.38. The average molecular weight is 401 g/mol. The number of hydrogen-bond donors (Lipinski definition) is 1. The second kappa shape index (κ2) is 10.6. The number of benzene rings is 1. The molecule has 2 rings (SSSR count). The fourth-order valence-electron chi connectivity index (χ4n) is 3.89. The van der Waals surface area contributed by atoms with E-state index in [-0.39, 0.29) is 12.4 Å². The van der Waals surface area contributed by atoms with Gasteiger partial charge in [-0.2, -0.15) is 13.2 Å². The molecule has 0 radical (unpaired) electrons. The molecular weight excluding hydrogens is 370 g/mol. The molecule has 1 aliphatic rings. The van der Waals surface area contributed by atoms with Crippen LogP contribution in [0.25, 0.3) is 5.57 Å². The highest BCUT2D eigenvalue weighted by Crippen LogP contribution is 2.29. The van der Waals surface area contributed by atoms with Crippen LogP contribution in [-0.2, 0) is 12.7 Å². The molecule has 1 heterocycles. The van der Waals surface area contributed by atoms with Crippen LogP contribution >= 0.6 is 0 Å². The van der Waals surface area contributed by atoms with Crippen LogP contribution < -0.4 is 5.32 Å². The van der Waals surface area contributed by atoms with Gasteiger partial charge in [0.25, 0.3) is 0 Å². The maximum absolute atomic E-state index is 12.3. The summed E-state index contributed by atoms with van der Waals surface area (Å²) < 4.78 is 36.9. The lowest BCUT2D eigenvalue weighted by Crippen LogP contribution is -2.40. The molecule has 1 aromatic carbocycles. The molecule has 0 fully saturated rings. The zero-order chi connectivity index (χ0) is 21.4. The first-order chi connectivity index (χ1) is 13.7. The van der Waals surface area contributed by atoms with Crippen LogP contribution in [0, 0.1) is 0 Å². The molecule has 0 saturated heterocycles. The topological polar surface area (TPSA) is 12.0 Å². The Morgan fingerprint density at radius 3 is 2.66 bits per heavy atom. The fraction of sp³-hybridized carbons (Fsp3) is 0.417. The lowest BCUT2D eigenvalue weighted by molar-refractivity contribution is -0.135. The molecule has 5 heteroatoms. The quantitative estimate of drug-likeness (QED) is 0.360. The third kappa shape index (κ3) is 7.64. The Kier molecular flexibility index (Phi) is 8.42. The van der Waals surface area contributed by atoms with Crippen molar-refractivity contribution in [1.82, 2.24) is 5.32 Å². The van der Waals surface area contributed by atoms with Crippen LogP contribution in [-0.4, -0.2) is 19.4 Å². The van der Waals surface area contributed by atoms with Crippen LogP contribution in [0.1, 0.15) is 55.7 Å². The predicted octanol–water partition coefficient (Wildman–Crippen LogP) is 6.27. The van der Waals surface area contributed by atoms with Gasteiger partial charge in [-0.05, 0) is 67.6 Å². The molecule has 1 atom stereocenters. The van der Waals surface area contributed by atoms with E-state index in [1.54, 1.807) is 0 Å². The molecule has 0 bridgehead atoms. The summed E-state index contributed by atoms with van der Waals surface area (Å²) in [5.41, 5.74) is 6.82. The standard InChI is InChI=1S/C24H31BF3N/c1-5-8-17(2)12-13-18(3)21-11-6-10-20-15-23(25-16-22(20)21)29-19(4)9-7-14-24(26,27)28/h5-6,8,10-11,23,25,29H,2-4,7,9,12-16H2,1H3/b8-5-. The van der Waals surface area contributed by atoms with E-state index >= 15 is 0 Å². The Morgan fingerprint density at radius 1 is 1.21 bits per heavy atom. The first-order valence-electron chi connectivity index (χ1n) is 10.3. The van der Waals surface area contributed by atoms with Crippen molar-refractivity contribution in [1.29, 1.82) is 0 Å². The molecule has 0 spiro atoms. The summed E-state index contributed by atoms with van der Waals surface area (Å²) >= 11 is 0. The molecule has 1 aromatic rings. The summed E-state index contributed by atoms with van der Waals surface area (Å²) in [5.74, 6) is 0.221. The summed E-state index contributed by atoms with van der Waals surface area (Å²) in [6.07, 6.45) is 3.21. The summed E-state index contributed by atoms with van der Waals surface area (Å²) in [7, 11) is 0.945. The fourth-order valence-corrected chi connectivity index (χ4v) is 3.89. The van der Waals surface area contributed by atoms with Crippen molar-refractivity contribution in [2.75, 3.05) is 0 Å². The molecule has 1 nitrogen and oxygen atoms in total. The first-order valence-corrected chi connectivity index (χ1v) is 10.3. The largest absolute Gasteiger partial charge is 0.393 e. The van der Waals surface area contributed by atoms with Gasteiger partial charge in [-0.15, -0.1) is 0 Å². The van der Waals surface area contributed by atoms with E-state index in [4.69, 9.17) is 0 Å². The van der Waals surface area contributed by atoms with Gasteiger partial charge in [-0.1, -0.05) is 55.7 Å². The van der Waals surface area contributed by atoms with Gasteiger partial charge in [0.05, 0.1) is 0 Å². The SMILES string of the molecule is C=C(/C=C\C)CCC(=C)c1cccc2c1CBC(NC(=C)CCCC(F)(F)F)C2. The molecule has 156 valence electrons. The van der Waals surface area contributed by atoms with Crippen molar-refractivity contribution >= 4 is 12.9 Å². The van der Waals surface area contributed by atoms with Crippen molar-refractivity contribution in [3.05, 3.63) is 78.0 Å². The number of nitrogens with one attached hydrogen (secondary N) is 1. The van der Waals surface area contributed by atoms with Crippen LogP contribution in [0.4, 0.5) is 13.2 Å². The Bertz CT molecular complexity index is 777. The van der Waals surface area contributed by atoms with Gasteiger partial charge in [-0.3, -0.25) is 0 Å². The van der Waals surface area contributed by atoms with Gasteiger partial charge in [0.2, 0.25) is 0 Å². The van der Waals surface area contributed by atoms with E-state index in [0.29, 0.717) is 12.1 Å². The molecule has 0 aliphatic carbocycles. The van der Waals surface area contributed by atoms with Crippen LogP contribution in [0.2, 0.25) is 0 Å². The molecule has 1 unspecified atom stereocenters. The Balaban J connectivity index is 1.92. The van der Waals surface area contributed by atoms with Gasteiger partial charge >= 0.3 is 6.18 Å². The third-order valence-corrected chi connectivity index (χ3v) is 5.36. The van der Waals surface area contributed by atoms with E-state index < -0.39 is 12.6 Å². The first kappa shape index (κ1) is 23.1. The highest BCUT2D eigenvalue weighted by atomic mass is 19.4. The summed E-state index contributed by atoms with van der Waals surface area (Å²) in [5, 5.41) is 3.35. The highest BCUT2D eigenvalue weighted by Gasteiger charge is 2.26. The van der Waals surface area contributed by atoms with E-state index in [1.165, 1.54) is 16.7 Å². The van der Waals surface area contributed by atoms with Crippen molar-refractivity contribution < 1.29 is 13.2 Å². The van der Waals surface area contributed by atoms with Crippen LogP contribution in [0.5, 0.6) is 0 Å². The minimum Gasteiger partial charge on any atom is -0.393 e. The van der Waals surface area contributed by atoms with Gasteiger partial charge in [-0.25, -0.2) is 0 Å². The van der Waals surface area contributed by atoms with Crippen molar-refractivity contribution in [2.24, 2.45) is 0 Å². The Labute approximate surface area is 173 Å². The van der Waals surface area contributed by atoms with Gasteiger partial charge in [0.1, 0.15) is 0 Å². The molecule has 1 N–H and O–H groups in total. The Hall–Kier alpha value is -2.17. The maximum atomic E-state index is 12.3. The summed E-state index contributed by atoms with van der Waals surface area (Å²) in [6.45, 7) is 14.3. The molecule has 29 heavy (non-hydrogen) atoms. The molecular formula is C24H31BF3N. The number of alkyl halides is 3. The molecule has 0 saturated carbocycles. The van der Waals surface area contributed by atoms with Crippen LogP contribution in [0.3, 0.4) is 0 Å². The van der Waals surface area contributed by atoms with Gasteiger partial charge in [0, 0.05) is 18.1 Å². The second-order valence-corrected chi connectivity index (χ2v) is 7.86. The average Bonchev–Trinajstić information content (AvgIpc) is 2.64. The number of rotatable bonds is 10. The number of hydrogen-bond acceptors (Lipinski definition) is 1. The maximum Gasteiger partial charge on any atom is 0.389 e. The van der Waals surface area contributed by atoms with Gasteiger partial charge in [0.15, 0.2) is 7.28 Å². The minimum absolute atomic E-state index is 0.0844. The van der Waals surface area contributed by atoms with E-state index in [2.05, 4.69) is 43.3 Å². The van der Waals surface area contributed by atoms with E-state index in [9.17, 15) is 13.2 Å². The second-order valence-electron chi connectivity index (χ2n) is 7.86. The predicted molar refractivity (Wildman–Crippen MR) is 119 cm³/mol. The van der Waals surface area contributed by atoms with Crippen molar-refractivity contribution in [2.45, 2.75) is 63.9 Å². The lowest BCUT2D eigenvalue weighted by Gasteiger charge is -2.28. The monoisotopic (exact) mass is 401 g/mol. The number of halogens is 3. The number of allylic oxidation sites excluding steroid dienone is 5. The van der Waals surface area contributed by atoms with Crippen LogP contribution in [0.15, 0.2) is 61.4 Å².